The summed E-state index contributed by atoms with van der Waals surface area (Å²) in [5.74, 6) is 1.20. The summed E-state index contributed by atoms with van der Waals surface area (Å²) in [4.78, 5) is 0. The molecule has 13 heavy (non-hydrogen) atoms. The molecule has 0 aliphatic rings. The Morgan fingerprint density at radius 2 is 1.62 bits per heavy atom. The van der Waals surface area contributed by atoms with Gasteiger partial charge in [-0.3, -0.25) is 8.42 Å². The molecule has 0 radical (unpaired) electrons. The van der Waals surface area contributed by atoms with E-state index < -0.39 is 10.4 Å². The summed E-state index contributed by atoms with van der Waals surface area (Å²) < 4.78 is 34.1. The van der Waals surface area contributed by atoms with Crippen molar-refractivity contribution in [3.8, 4) is 0 Å². The molecule has 0 aliphatic carbocycles. The van der Waals surface area contributed by atoms with Crippen LogP contribution < -0.4 is 5.48 Å². The first-order valence-corrected chi connectivity index (χ1v) is 5.05. The number of hydrogen-bond donors (Lipinski definition) is 2. The highest BCUT2D eigenvalue weighted by Crippen LogP contribution is 2.06. The summed E-state index contributed by atoms with van der Waals surface area (Å²) in [7, 11) is -5.17. The van der Waals surface area contributed by atoms with Gasteiger partial charge < -0.3 is 14.3 Å². The van der Waals surface area contributed by atoms with Crippen molar-refractivity contribution in [2.75, 3.05) is 6.54 Å². The molecule has 0 amide bonds. The maximum Gasteiger partial charge on any atom is 0.0311 e. The summed E-state index contributed by atoms with van der Waals surface area (Å²) in [6.07, 6.45) is 0. The van der Waals surface area contributed by atoms with Gasteiger partial charge in [-0.1, -0.05) is 20.8 Å². The van der Waals surface area contributed by atoms with E-state index in [1.54, 1.807) is 0 Å². The van der Waals surface area contributed by atoms with E-state index in [2.05, 4.69) is 26.3 Å². The Hall–Kier alpha value is -0.210. The molecule has 1 unspecified atom stereocenters. The topological polar surface area (TPSA) is 113 Å². The van der Waals surface area contributed by atoms with E-state index in [1.165, 1.54) is 0 Å². The molecule has 0 fully saturated rings. The van der Waals surface area contributed by atoms with E-state index in [0.29, 0.717) is 18.4 Å². The minimum Gasteiger partial charge on any atom is -0.759 e. The number of rotatable bonds is 3. The molecule has 82 valence electrons. The number of nitrogens with one attached hydrogen (secondary N) is 1. The van der Waals surface area contributed by atoms with Gasteiger partial charge in [0, 0.05) is 16.9 Å². The molecular weight excluding hydrogens is 198 g/mol. The van der Waals surface area contributed by atoms with Gasteiger partial charge >= 0.3 is 0 Å². The third-order valence-corrected chi connectivity index (χ3v) is 1.55. The lowest BCUT2D eigenvalue weighted by Crippen LogP contribution is -2.20. The van der Waals surface area contributed by atoms with E-state index in [4.69, 9.17) is 22.7 Å². The fourth-order valence-electron chi connectivity index (χ4n) is 0.380. The monoisotopic (exact) mass is 213 g/mol. The Morgan fingerprint density at radius 1 is 1.31 bits per heavy atom. The van der Waals surface area contributed by atoms with Gasteiger partial charge in [-0.25, -0.2) is 5.48 Å². The third-order valence-electron chi connectivity index (χ3n) is 1.55. The van der Waals surface area contributed by atoms with Gasteiger partial charge in [-0.15, -0.1) is 0 Å². The first kappa shape index (κ1) is 15.3. The summed E-state index contributed by atoms with van der Waals surface area (Å²) >= 11 is 0. The first-order chi connectivity index (χ1) is 5.68. The molecule has 0 aromatic carbocycles. The molecule has 0 bridgehead atoms. The maximum absolute atomic E-state index is 8.52. The third kappa shape index (κ3) is 24.5. The molecule has 0 saturated heterocycles. The zero-order valence-electron chi connectivity index (χ0n) is 7.85. The second-order valence-electron chi connectivity index (χ2n) is 2.99. The van der Waals surface area contributed by atoms with Crippen molar-refractivity contribution in [3.05, 3.63) is 0 Å². The Bertz CT molecular complexity index is 193. The molecule has 0 spiro atoms. The predicted octanol–water partition coefficient (Wildman–Crippen LogP) is -0.0807. The Kier molecular flexibility index (Phi) is 8.48. The molecule has 0 rings (SSSR count). The molecule has 0 heterocycles. The minimum absolute atomic E-state index is 0.556. The molecule has 0 aromatic rings. The lowest BCUT2D eigenvalue weighted by Gasteiger charge is -2.12. The zero-order valence-corrected chi connectivity index (χ0v) is 8.67. The second kappa shape index (κ2) is 7.22. The van der Waals surface area contributed by atoms with Crippen LogP contribution in [0.15, 0.2) is 0 Å². The summed E-state index contributed by atoms with van der Waals surface area (Å²) in [5.41, 5.74) is 2.15. The summed E-state index contributed by atoms with van der Waals surface area (Å²) in [5, 5.41) is 8.24. The van der Waals surface area contributed by atoms with Crippen LogP contribution in [0.4, 0.5) is 0 Å². The molecule has 1 atom stereocenters. The number of hydroxylamine groups is 1. The molecule has 0 aromatic heterocycles. The van der Waals surface area contributed by atoms with Crippen LogP contribution in [0, 0.1) is 11.8 Å². The van der Waals surface area contributed by atoms with Gasteiger partial charge in [-0.2, -0.15) is 0 Å². The van der Waals surface area contributed by atoms with Gasteiger partial charge in [0.1, 0.15) is 0 Å². The Balaban J connectivity index is 0. The van der Waals surface area contributed by atoms with Gasteiger partial charge in [0.25, 0.3) is 0 Å². The predicted molar refractivity (Wildman–Crippen MR) is 44.3 cm³/mol. The Labute approximate surface area is 78.5 Å². The first-order valence-electron chi connectivity index (χ1n) is 3.72. The molecule has 6 nitrogen and oxygen atoms in total. The van der Waals surface area contributed by atoms with Crippen LogP contribution in [0.5, 0.6) is 0 Å². The van der Waals surface area contributed by atoms with E-state index in [9.17, 15) is 0 Å². The van der Waals surface area contributed by atoms with Crippen molar-refractivity contribution in [1.29, 1.82) is 0 Å². The van der Waals surface area contributed by atoms with Crippen LogP contribution in [0.25, 0.3) is 0 Å². The van der Waals surface area contributed by atoms with Crippen molar-refractivity contribution in [3.63, 3.8) is 0 Å². The summed E-state index contributed by atoms with van der Waals surface area (Å²) in [6, 6.07) is 0. The fraction of sp³-hybridized carbons (Fsp3) is 1.00. The standard InChI is InChI=1S/C6H15NO.H2O4S/c1-5(2)6(3)4-7-8;1-5(2,3)4/h5-8H,4H2,1-3H3;(H2,1,2,3,4)/p-2. The van der Waals surface area contributed by atoms with Crippen LogP contribution in [-0.4, -0.2) is 29.3 Å². The maximum atomic E-state index is 8.52. The van der Waals surface area contributed by atoms with Gasteiger partial charge in [0.05, 0.1) is 0 Å². The minimum atomic E-state index is -5.17. The van der Waals surface area contributed by atoms with Crippen LogP contribution in [0.3, 0.4) is 0 Å². The molecule has 0 aliphatic heterocycles. The highest BCUT2D eigenvalue weighted by atomic mass is 32.3. The van der Waals surface area contributed by atoms with Crippen molar-refractivity contribution in [1.82, 2.24) is 5.48 Å². The van der Waals surface area contributed by atoms with Crippen molar-refractivity contribution < 1.29 is 22.7 Å². The highest BCUT2D eigenvalue weighted by molar-refractivity contribution is 7.79. The normalized spacial score (nSPS) is 13.5. The van der Waals surface area contributed by atoms with Crippen LogP contribution in [-0.2, 0) is 10.4 Å². The van der Waals surface area contributed by atoms with Gasteiger partial charge in [0.15, 0.2) is 0 Å². The lowest BCUT2D eigenvalue weighted by molar-refractivity contribution is 0.142. The largest absolute Gasteiger partial charge is 0.759 e. The summed E-state index contributed by atoms with van der Waals surface area (Å²) in [6.45, 7) is 7.08. The van der Waals surface area contributed by atoms with Gasteiger partial charge in [0.2, 0.25) is 0 Å². The SMILES string of the molecule is CC(C)C(C)CNO.O=S(=O)([O-])[O-]. The van der Waals surface area contributed by atoms with Crippen molar-refractivity contribution in [2.24, 2.45) is 11.8 Å². The average molecular weight is 213 g/mol. The van der Waals surface area contributed by atoms with Crippen LogP contribution in [0.2, 0.25) is 0 Å². The quantitative estimate of drug-likeness (QED) is 0.385. The highest BCUT2D eigenvalue weighted by Gasteiger charge is 2.03. The van der Waals surface area contributed by atoms with E-state index in [1.807, 2.05) is 0 Å². The van der Waals surface area contributed by atoms with Gasteiger partial charge in [-0.05, 0) is 11.8 Å². The fourth-order valence-corrected chi connectivity index (χ4v) is 0.380. The van der Waals surface area contributed by atoms with E-state index in [0.717, 1.165) is 0 Å². The smallest absolute Gasteiger partial charge is 0.0311 e. The van der Waals surface area contributed by atoms with E-state index in [-0.39, 0.29) is 0 Å². The van der Waals surface area contributed by atoms with Crippen molar-refractivity contribution >= 4 is 10.4 Å². The number of hydrogen-bond acceptors (Lipinski definition) is 6. The molecular formula is C6H15NO5S-2. The Morgan fingerprint density at radius 3 is 1.69 bits per heavy atom. The average Bonchev–Trinajstić information content (AvgIpc) is 1.84. The second-order valence-corrected chi connectivity index (χ2v) is 3.81. The zero-order chi connectivity index (χ0) is 11.1. The molecule has 2 N–H and O–H groups in total. The van der Waals surface area contributed by atoms with E-state index >= 15 is 0 Å². The van der Waals surface area contributed by atoms with Crippen molar-refractivity contribution in [2.45, 2.75) is 20.8 Å². The van der Waals surface area contributed by atoms with Crippen LogP contribution in [0.1, 0.15) is 20.8 Å². The molecule has 0 saturated carbocycles. The lowest BCUT2D eigenvalue weighted by atomic mass is 9.99. The molecule has 7 heteroatoms. The van der Waals surface area contributed by atoms with Crippen LogP contribution >= 0.6 is 0 Å².